The number of halogens is 3. The van der Waals surface area contributed by atoms with Crippen molar-refractivity contribution in [2.24, 2.45) is 0 Å². The van der Waals surface area contributed by atoms with E-state index in [0.717, 1.165) is 0 Å². The highest BCUT2D eigenvalue weighted by Crippen LogP contribution is 2.29. The second-order valence-electron chi connectivity index (χ2n) is 4.87. The zero-order valence-corrected chi connectivity index (χ0v) is 13.1. The largest absolute Gasteiger partial charge is 0.433 e. The first-order valence-electron chi connectivity index (χ1n) is 6.94. The summed E-state index contributed by atoms with van der Waals surface area (Å²) in [7, 11) is 0. The third kappa shape index (κ3) is 5.30. The van der Waals surface area contributed by atoms with Crippen LogP contribution in [0.25, 0.3) is 11.3 Å². The first-order chi connectivity index (χ1) is 11.0. The fourth-order valence-corrected chi connectivity index (χ4v) is 2.07. The molecule has 8 heteroatoms. The molecule has 0 saturated heterocycles. The van der Waals surface area contributed by atoms with Gasteiger partial charge in [-0.1, -0.05) is 11.6 Å². The minimum absolute atomic E-state index is 0.0192. The number of aliphatic hydroxyl groups excluding tert-OH is 1. The van der Waals surface area contributed by atoms with E-state index in [0.29, 0.717) is 35.1 Å². The van der Waals surface area contributed by atoms with Gasteiger partial charge in [0.1, 0.15) is 10.9 Å². The van der Waals surface area contributed by atoms with Crippen LogP contribution in [0.2, 0.25) is 5.15 Å². The van der Waals surface area contributed by atoms with E-state index >= 15 is 0 Å². The third-order valence-electron chi connectivity index (χ3n) is 2.99. The molecule has 0 amide bonds. The molecule has 0 radical (unpaired) electrons. The Hall–Kier alpha value is -1.99. The summed E-state index contributed by atoms with van der Waals surface area (Å²) in [6, 6.07) is 4.61. The fourth-order valence-electron chi connectivity index (χ4n) is 1.91. The van der Waals surface area contributed by atoms with Crippen LogP contribution in [0, 0.1) is 0 Å². The Morgan fingerprint density at radius 2 is 2.09 bits per heavy atom. The molecule has 2 N–H and O–H groups in total. The zero-order valence-electron chi connectivity index (χ0n) is 12.3. The van der Waals surface area contributed by atoms with Crippen molar-refractivity contribution in [1.29, 1.82) is 0 Å². The average Bonchev–Trinajstić information content (AvgIpc) is 2.47. The van der Waals surface area contributed by atoms with E-state index in [1.165, 1.54) is 12.3 Å². The summed E-state index contributed by atoms with van der Waals surface area (Å²) in [6.45, 7) is -0.652. The quantitative estimate of drug-likeness (QED) is 0.752. The maximum atomic E-state index is 12.2. The normalized spacial score (nSPS) is 12.3. The van der Waals surface area contributed by atoms with Crippen molar-refractivity contribution in [3.8, 4) is 17.0 Å². The number of hydrogen-bond donors (Lipinski definition) is 2. The Morgan fingerprint density at radius 3 is 2.70 bits per heavy atom. The molecule has 124 valence electrons. The molecule has 0 aliphatic carbocycles. The molecule has 2 aromatic rings. The van der Waals surface area contributed by atoms with Crippen LogP contribution in [0.3, 0.4) is 0 Å². The highest BCUT2D eigenvalue weighted by Gasteiger charge is 2.10. The molecule has 0 bridgehead atoms. The number of pyridine rings is 2. The van der Waals surface area contributed by atoms with Crippen LogP contribution in [0.15, 0.2) is 30.6 Å². The van der Waals surface area contributed by atoms with Gasteiger partial charge in [0.15, 0.2) is 0 Å². The predicted octanol–water partition coefficient (Wildman–Crippen LogP) is 3.58. The number of alkyl halides is 2. The Morgan fingerprint density at radius 1 is 1.30 bits per heavy atom. The monoisotopic (exact) mass is 343 g/mol. The SMILES string of the molecule is C[C@H](O)CCNc1cc(Cl)ncc1-c1ccc(OC(F)F)cn1. The summed E-state index contributed by atoms with van der Waals surface area (Å²) in [6.07, 6.45) is 2.90. The van der Waals surface area contributed by atoms with Crippen molar-refractivity contribution in [2.75, 3.05) is 11.9 Å². The number of nitrogens with zero attached hydrogens (tertiary/aromatic N) is 2. The van der Waals surface area contributed by atoms with Gasteiger partial charge in [-0.2, -0.15) is 8.78 Å². The molecular formula is C15H16ClF2N3O2. The van der Waals surface area contributed by atoms with Crippen molar-refractivity contribution in [2.45, 2.75) is 26.1 Å². The lowest BCUT2D eigenvalue weighted by Crippen LogP contribution is -2.10. The lowest BCUT2D eigenvalue weighted by atomic mass is 10.1. The predicted molar refractivity (Wildman–Crippen MR) is 83.9 cm³/mol. The zero-order chi connectivity index (χ0) is 16.8. The Labute approximate surface area is 137 Å². The van der Waals surface area contributed by atoms with E-state index < -0.39 is 12.7 Å². The molecule has 0 spiro atoms. The van der Waals surface area contributed by atoms with Crippen molar-refractivity contribution in [1.82, 2.24) is 9.97 Å². The molecule has 0 aliphatic heterocycles. The highest BCUT2D eigenvalue weighted by molar-refractivity contribution is 6.29. The first kappa shape index (κ1) is 17.4. The van der Waals surface area contributed by atoms with E-state index in [1.54, 1.807) is 25.3 Å². The van der Waals surface area contributed by atoms with Gasteiger partial charge in [-0.15, -0.1) is 0 Å². The minimum atomic E-state index is -2.89. The molecule has 0 aliphatic rings. The van der Waals surface area contributed by atoms with E-state index in [-0.39, 0.29) is 5.75 Å². The lowest BCUT2D eigenvalue weighted by Gasteiger charge is -2.13. The molecule has 2 aromatic heterocycles. The van der Waals surface area contributed by atoms with Crippen molar-refractivity contribution >= 4 is 17.3 Å². The van der Waals surface area contributed by atoms with Gasteiger partial charge in [0.2, 0.25) is 0 Å². The molecule has 2 rings (SSSR count). The molecule has 0 saturated carbocycles. The van der Waals surface area contributed by atoms with Gasteiger partial charge in [0.05, 0.1) is 18.0 Å². The molecule has 23 heavy (non-hydrogen) atoms. The summed E-state index contributed by atoms with van der Waals surface area (Å²) >= 11 is 5.90. The van der Waals surface area contributed by atoms with Crippen LogP contribution in [0.5, 0.6) is 5.75 Å². The number of rotatable bonds is 7. The van der Waals surface area contributed by atoms with Gasteiger partial charge in [-0.05, 0) is 31.5 Å². The maximum absolute atomic E-state index is 12.2. The number of hydrogen-bond acceptors (Lipinski definition) is 5. The third-order valence-corrected chi connectivity index (χ3v) is 3.19. The summed E-state index contributed by atoms with van der Waals surface area (Å²) in [5.74, 6) is -0.0192. The number of nitrogens with one attached hydrogen (secondary N) is 1. The molecular weight excluding hydrogens is 328 g/mol. The maximum Gasteiger partial charge on any atom is 0.387 e. The summed E-state index contributed by atoms with van der Waals surface area (Å²) in [4.78, 5) is 8.12. The van der Waals surface area contributed by atoms with Gasteiger partial charge in [0.25, 0.3) is 0 Å². The van der Waals surface area contributed by atoms with Crippen LogP contribution < -0.4 is 10.1 Å². The highest BCUT2D eigenvalue weighted by atomic mass is 35.5. The summed E-state index contributed by atoms with van der Waals surface area (Å²) in [5, 5.41) is 12.8. The molecule has 0 fully saturated rings. The minimum Gasteiger partial charge on any atom is -0.433 e. The van der Waals surface area contributed by atoms with Crippen LogP contribution in [-0.4, -0.2) is 34.3 Å². The van der Waals surface area contributed by atoms with Gasteiger partial charge >= 0.3 is 6.61 Å². The molecule has 2 heterocycles. The van der Waals surface area contributed by atoms with Crippen molar-refractivity contribution < 1.29 is 18.6 Å². The van der Waals surface area contributed by atoms with Crippen LogP contribution >= 0.6 is 11.6 Å². The number of aromatic nitrogens is 2. The smallest absolute Gasteiger partial charge is 0.387 e. The van der Waals surface area contributed by atoms with Gasteiger partial charge in [-0.3, -0.25) is 4.98 Å². The van der Waals surface area contributed by atoms with Crippen molar-refractivity contribution in [3.63, 3.8) is 0 Å². The Balaban J connectivity index is 2.20. The summed E-state index contributed by atoms with van der Waals surface area (Å²) < 4.78 is 28.6. The Bertz CT molecular complexity index is 639. The lowest BCUT2D eigenvalue weighted by molar-refractivity contribution is -0.0500. The van der Waals surface area contributed by atoms with Crippen molar-refractivity contribution in [3.05, 3.63) is 35.7 Å². The fraction of sp³-hybridized carbons (Fsp3) is 0.333. The van der Waals surface area contributed by atoms with E-state index in [9.17, 15) is 13.9 Å². The summed E-state index contributed by atoms with van der Waals surface area (Å²) in [5.41, 5.74) is 1.90. The average molecular weight is 344 g/mol. The van der Waals surface area contributed by atoms with Crippen LogP contribution in [0.1, 0.15) is 13.3 Å². The number of anilines is 1. The van der Waals surface area contributed by atoms with E-state index in [4.69, 9.17) is 11.6 Å². The van der Waals surface area contributed by atoms with E-state index in [1.807, 2.05) is 0 Å². The van der Waals surface area contributed by atoms with Gasteiger partial charge in [-0.25, -0.2) is 4.98 Å². The second kappa shape index (κ2) is 8.03. The standard InChI is InChI=1S/C15H16ClF2N3O2/c1-9(22)4-5-19-13-6-14(16)21-8-11(13)12-3-2-10(7-20-12)23-15(17)18/h2-3,6-9,15,22H,4-5H2,1H3,(H,19,21)/t9-/m0/s1. The first-order valence-corrected chi connectivity index (χ1v) is 7.32. The number of aliphatic hydroxyl groups is 1. The molecule has 1 atom stereocenters. The Kier molecular flexibility index (Phi) is 6.06. The van der Waals surface area contributed by atoms with Gasteiger partial charge in [0, 0.05) is 24.0 Å². The van der Waals surface area contributed by atoms with Gasteiger partial charge < -0.3 is 15.2 Å². The topological polar surface area (TPSA) is 67.3 Å². The molecule has 0 unspecified atom stereocenters. The van der Waals surface area contributed by atoms with E-state index in [2.05, 4.69) is 20.0 Å². The molecule has 5 nitrogen and oxygen atoms in total. The van der Waals surface area contributed by atoms with Crippen LogP contribution in [0.4, 0.5) is 14.5 Å². The molecule has 0 aromatic carbocycles. The second-order valence-corrected chi connectivity index (χ2v) is 5.26. The van der Waals surface area contributed by atoms with Crippen LogP contribution in [-0.2, 0) is 0 Å². The number of ether oxygens (including phenoxy) is 1.